The molecule has 25 heavy (non-hydrogen) atoms. The molecule has 0 bridgehead atoms. The van der Waals surface area contributed by atoms with Crippen LogP contribution in [-0.4, -0.2) is 31.9 Å². The molecule has 0 aliphatic heterocycles. The highest BCUT2D eigenvalue weighted by Gasteiger charge is 2.14. The first kappa shape index (κ1) is 16.1. The molecule has 0 saturated carbocycles. The maximum atomic E-state index is 12.4. The molecular weight excluding hydrogens is 322 g/mol. The number of amides is 1. The van der Waals surface area contributed by atoms with Crippen molar-refractivity contribution in [2.75, 3.05) is 10.6 Å². The van der Waals surface area contributed by atoms with Crippen LogP contribution in [0, 0.1) is 0 Å². The van der Waals surface area contributed by atoms with Crippen molar-refractivity contribution in [3.05, 3.63) is 72.3 Å². The largest absolute Gasteiger partial charge is 0.478 e. The average molecular weight is 335 g/mol. The van der Waals surface area contributed by atoms with E-state index in [4.69, 9.17) is 5.11 Å². The Morgan fingerprint density at radius 2 is 1.72 bits per heavy atom. The van der Waals surface area contributed by atoms with Gasteiger partial charge in [0.05, 0.1) is 11.3 Å². The van der Waals surface area contributed by atoms with E-state index in [0.29, 0.717) is 0 Å². The SMILES string of the molecule is O=C(Nc1ccccc1C(=O)O)c1ccnc(Nc2ccncc2)n1. The van der Waals surface area contributed by atoms with Crippen LogP contribution in [0.15, 0.2) is 61.1 Å². The van der Waals surface area contributed by atoms with Crippen molar-refractivity contribution in [2.24, 2.45) is 0 Å². The lowest BCUT2D eigenvalue weighted by Gasteiger charge is -2.09. The normalized spacial score (nSPS) is 10.1. The fourth-order valence-electron chi connectivity index (χ4n) is 2.07. The van der Waals surface area contributed by atoms with E-state index in [1.165, 1.54) is 24.4 Å². The number of carbonyl (C=O) groups excluding carboxylic acids is 1. The molecular formula is C17H13N5O3. The Hall–Kier alpha value is -3.81. The first-order valence-corrected chi connectivity index (χ1v) is 7.27. The summed E-state index contributed by atoms with van der Waals surface area (Å²) in [5.41, 5.74) is 1.03. The highest BCUT2D eigenvalue weighted by Crippen LogP contribution is 2.16. The number of hydrogen-bond donors (Lipinski definition) is 3. The number of nitrogens with zero attached hydrogens (tertiary/aromatic N) is 3. The monoisotopic (exact) mass is 335 g/mol. The predicted octanol–water partition coefficient (Wildman–Crippen LogP) is 2.57. The quantitative estimate of drug-likeness (QED) is 0.656. The van der Waals surface area contributed by atoms with Crippen molar-refractivity contribution in [3.8, 4) is 0 Å². The molecule has 8 heteroatoms. The summed E-state index contributed by atoms with van der Waals surface area (Å²) in [5.74, 6) is -1.42. The van der Waals surface area contributed by atoms with E-state index in [1.54, 1.807) is 36.7 Å². The summed E-state index contributed by atoms with van der Waals surface area (Å²) in [6, 6.07) is 11.1. The van der Waals surface area contributed by atoms with Crippen LogP contribution >= 0.6 is 0 Å². The number of aromatic carboxylic acids is 1. The fourth-order valence-corrected chi connectivity index (χ4v) is 2.07. The van der Waals surface area contributed by atoms with Gasteiger partial charge in [0.1, 0.15) is 5.69 Å². The van der Waals surface area contributed by atoms with E-state index >= 15 is 0 Å². The highest BCUT2D eigenvalue weighted by molar-refractivity contribution is 6.06. The minimum absolute atomic E-state index is 0.0000372. The molecule has 2 heterocycles. The van der Waals surface area contributed by atoms with Gasteiger partial charge in [0.2, 0.25) is 5.95 Å². The molecule has 3 N–H and O–H groups in total. The summed E-state index contributed by atoms with van der Waals surface area (Å²) in [6.07, 6.45) is 4.66. The molecule has 0 atom stereocenters. The van der Waals surface area contributed by atoms with Gasteiger partial charge in [0.15, 0.2) is 0 Å². The third-order valence-electron chi connectivity index (χ3n) is 3.23. The van der Waals surface area contributed by atoms with Crippen molar-refractivity contribution in [2.45, 2.75) is 0 Å². The fraction of sp³-hybridized carbons (Fsp3) is 0. The number of anilines is 3. The average Bonchev–Trinajstić information content (AvgIpc) is 2.63. The van der Waals surface area contributed by atoms with Crippen molar-refractivity contribution >= 4 is 29.2 Å². The first-order valence-electron chi connectivity index (χ1n) is 7.27. The van der Waals surface area contributed by atoms with Crippen LogP contribution in [-0.2, 0) is 0 Å². The van der Waals surface area contributed by atoms with Crippen LogP contribution in [0.4, 0.5) is 17.3 Å². The molecule has 0 saturated heterocycles. The number of hydrogen-bond acceptors (Lipinski definition) is 6. The summed E-state index contributed by atoms with van der Waals surface area (Å²) in [4.78, 5) is 35.7. The zero-order valence-electron chi connectivity index (χ0n) is 12.9. The molecule has 0 unspecified atom stereocenters. The number of aromatic nitrogens is 3. The molecule has 0 aliphatic rings. The van der Waals surface area contributed by atoms with Crippen molar-refractivity contribution in [1.29, 1.82) is 0 Å². The van der Waals surface area contributed by atoms with Gasteiger partial charge in [0.25, 0.3) is 5.91 Å². The zero-order chi connectivity index (χ0) is 17.6. The van der Waals surface area contributed by atoms with Gasteiger partial charge in [-0.2, -0.15) is 0 Å². The first-order chi connectivity index (χ1) is 12.1. The Balaban J connectivity index is 1.79. The maximum absolute atomic E-state index is 12.4. The number of carboxylic acids is 1. The van der Waals surface area contributed by atoms with Gasteiger partial charge < -0.3 is 15.7 Å². The summed E-state index contributed by atoms with van der Waals surface area (Å²) < 4.78 is 0. The molecule has 1 amide bonds. The molecule has 0 radical (unpaired) electrons. The number of pyridine rings is 1. The Morgan fingerprint density at radius 3 is 2.48 bits per heavy atom. The van der Waals surface area contributed by atoms with Crippen LogP contribution in [0.5, 0.6) is 0 Å². The third kappa shape index (κ3) is 3.94. The second-order valence-corrected chi connectivity index (χ2v) is 4.93. The number of rotatable bonds is 5. The van der Waals surface area contributed by atoms with Gasteiger partial charge in [-0.15, -0.1) is 0 Å². The standard InChI is InChI=1S/C17H13N5O3/c23-15(21-13-4-2-1-3-12(13)16(24)25)14-7-10-19-17(22-14)20-11-5-8-18-9-6-11/h1-10H,(H,21,23)(H,24,25)(H,18,19,20,22). The Morgan fingerprint density at radius 1 is 0.960 bits per heavy atom. The van der Waals surface area contributed by atoms with E-state index in [9.17, 15) is 9.59 Å². The maximum Gasteiger partial charge on any atom is 0.337 e. The molecule has 1 aromatic carbocycles. The predicted molar refractivity (Wildman–Crippen MR) is 90.9 cm³/mol. The van der Waals surface area contributed by atoms with E-state index in [0.717, 1.165) is 5.69 Å². The Labute approximate surface area is 142 Å². The molecule has 0 spiro atoms. The zero-order valence-corrected chi connectivity index (χ0v) is 12.9. The molecule has 8 nitrogen and oxygen atoms in total. The molecule has 3 rings (SSSR count). The van der Waals surface area contributed by atoms with Gasteiger partial charge in [-0.05, 0) is 30.3 Å². The summed E-state index contributed by atoms with van der Waals surface area (Å²) in [7, 11) is 0. The second kappa shape index (κ2) is 7.18. The lowest BCUT2D eigenvalue weighted by molar-refractivity contribution is 0.0698. The minimum Gasteiger partial charge on any atom is -0.478 e. The van der Waals surface area contributed by atoms with E-state index in [1.807, 2.05) is 0 Å². The molecule has 3 aromatic rings. The van der Waals surface area contributed by atoms with Crippen LogP contribution in [0.2, 0.25) is 0 Å². The van der Waals surface area contributed by atoms with Crippen molar-refractivity contribution in [1.82, 2.24) is 15.0 Å². The number of para-hydroxylation sites is 1. The van der Waals surface area contributed by atoms with Gasteiger partial charge >= 0.3 is 5.97 Å². The van der Waals surface area contributed by atoms with Crippen LogP contribution in [0.1, 0.15) is 20.8 Å². The van der Waals surface area contributed by atoms with Crippen LogP contribution < -0.4 is 10.6 Å². The van der Waals surface area contributed by atoms with Gasteiger partial charge in [-0.25, -0.2) is 14.8 Å². The molecule has 0 aliphatic carbocycles. The number of benzene rings is 1. The smallest absolute Gasteiger partial charge is 0.337 e. The topological polar surface area (TPSA) is 117 Å². The number of carbonyl (C=O) groups is 2. The van der Waals surface area contributed by atoms with E-state index in [2.05, 4.69) is 25.6 Å². The molecule has 124 valence electrons. The third-order valence-corrected chi connectivity index (χ3v) is 3.23. The summed E-state index contributed by atoms with van der Waals surface area (Å²) in [5, 5.41) is 14.7. The van der Waals surface area contributed by atoms with Crippen LogP contribution in [0.25, 0.3) is 0 Å². The number of carboxylic acid groups (broad SMARTS) is 1. The van der Waals surface area contributed by atoms with Gasteiger partial charge in [-0.3, -0.25) is 9.78 Å². The van der Waals surface area contributed by atoms with Gasteiger partial charge in [-0.1, -0.05) is 12.1 Å². The molecule has 0 fully saturated rings. The lowest BCUT2D eigenvalue weighted by Crippen LogP contribution is -2.16. The highest BCUT2D eigenvalue weighted by atomic mass is 16.4. The Kier molecular flexibility index (Phi) is 4.61. The number of nitrogens with one attached hydrogen (secondary N) is 2. The van der Waals surface area contributed by atoms with Crippen molar-refractivity contribution < 1.29 is 14.7 Å². The van der Waals surface area contributed by atoms with E-state index < -0.39 is 11.9 Å². The lowest BCUT2D eigenvalue weighted by atomic mass is 10.2. The summed E-state index contributed by atoms with van der Waals surface area (Å²) >= 11 is 0. The van der Waals surface area contributed by atoms with Crippen LogP contribution in [0.3, 0.4) is 0 Å². The van der Waals surface area contributed by atoms with E-state index in [-0.39, 0.29) is 22.9 Å². The molecule has 2 aromatic heterocycles. The summed E-state index contributed by atoms with van der Waals surface area (Å²) in [6.45, 7) is 0. The second-order valence-electron chi connectivity index (χ2n) is 4.93. The minimum atomic E-state index is -1.13. The van der Waals surface area contributed by atoms with Gasteiger partial charge in [0, 0.05) is 24.3 Å². The Bertz CT molecular complexity index is 915. The van der Waals surface area contributed by atoms with Crippen molar-refractivity contribution in [3.63, 3.8) is 0 Å².